The van der Waals surface area contributed by atoms with Gasteiger partial charge in [0.05, 0.1) is 5.69 Å². The molecule has 0 radical (unpaired) electrons. The highest BCUT2D eigenvalue weighted by Gasteiger charge is 2.13. The van der Waals surface area contributed by atoms with Gasteiger partial charge in [0.1, 0.15) is 6.10 Å². The lowest BCUT2D eigenvalue weighted by Crippen LogP contribution is -2.06. The molecular formula is C12H14N2O. The van der Waals surface area contributed by atoms with Gasteiger partial charge < -0.3 is 5.11 Å². The number of aromatic nitrogens is 2. The second-order valence-electron chi connectivity index (χ2n) is 3.70. The summed E-state index contributed by atoms with van der Waals surface area (Å²) in [6.45, 7) is 2.01. The maximum Gasteiger partial charge on any atom is 0.121 e. The van der Waals surface area contributed by atoms with E-state index in [2.05, 4.69) is 5.10 Å². The molecule has 1 N–H and O–H groups in total. The van der Waals surface area contributed by atoms with Gasteiger partial charge in [-0.1, -0.05) is 29.8 Å². The van der Waals surface area contributed by atoms with Crippen LogP contribution in [-0.2, 0) is 7.05 Å². The van der Waals surface area contributed by atoms with Gasteiger partial charge in [-0.15, -0.1) is 0 Å². The number of nitrogens with zero attached hydrogens (tertiary/aromatic N) is 2. The highest BCUT2D eigenvalue weighted by Crippen LogP contribution is 2.21. The average molecular weight is 202 g/mol. The van der Waals surface area contributed by atoms with E-state index in [-0.39, 0.29) is 0 Å². The molecule has 0 aliphatic rings. The van der Waals surface area contributed by atoms with E-state index >= 15 is 0 Å². The first-order chi connectivity index (χ1) is 7.18. The molecule has 3 heteroatoms. The smallest absolute Gasteiger partial charge is 0.121 e. The first-order valence-electron chi connectivity index (χ1n) is 4.91. The van der Waals surface area contributed by atoms with E-state index in [9.17, 15) is 5.11 Å². The minimum absolute atomic E-state index is 0.600. The van der Waals surface area contributed by atoms with Gasteiger partial charge in [-0.2, -0.15) is 5.10 Å². The lowest BCUT2D eigenvalue weighted by Gasteiger charge is -2.11. The number of rotatable bonds is 2. The summed E-state index contributed by atoms with van der Waals surface area (Å²) in [5.74, 6) is 0. The summed E-state index contributed by atoms with van der Waals surface area (Å²) >= 11 is 0. The van der Waals surface area contributed by atoms with Crippen molar-refractivity contribution in [2.24, 2.45) is 7.05 Å². The fourth-order valence-electron chi connectivity index (χ4n) is 1.66. The fourth-order valence-corrected chi connectivity index (χ4v) is 1.66. The van der Waals surface area contributed by atoms with Gasteiger partial charge in [0.25, 0.3) is 0 Å². The molecule has 1 aromatic carbocycles. The van der Waals surface area contributed by atoms with Crippen molar-refractivity contribution in [2.45, 2.75) is 13.0 Å². The predicted molar refractivity (Wildman–Crippen MR) is 58.4 cm³/mol. The lowest BCUT2D eigenvalue weighted by molar-refractivity contribution is 0.209. The van der Waals surface area contributed by atoms with Gasteiger partial charge in [0.15, 0.2) is 0 Å². The van der Waals surface area contributed by atoms with Crippen LogP contribution >= 0.6 is 0 Å². The molecule has 78 valence electrons. The number of benzene rings is 1. The van der Waals surface area contributed by atoms with E-state index in [1.54, 1.807) is 10.9 Å². The van der Waals surface area contributed by atoms with Crippen molar-refractivity contribution in [3.8, 4) is 0 Å². The van der Waals surface area contributed by atoms with Crippen LogP contribution in [0.5, 0.6) is 0 Å². The summed E-state index contributed by atoms with van der Waals surface area (Å²) < 4.78 is 1.69. The van der Waals surface area contributed by atoms with Crippen LogP contribution in [-0.4, -0.2) is 14.9 Å². The fraction of sp³-hybridized carbons (Fsp3) is 0.250. The molecule has 2 aromatic rings. The van der Waals surface area contributed by atoms with E-state index in [1.165, 1.54) is 0 Å². The Morgan fingerprint density at radius 2 is 2.13 bits per heavy atom. The summed E-state index contributed by atoms with van der Waals surface area (Å²) in [5, 5.41) is 14.2. The summed E-state index contributed by atoms with van der Waals surface area (Å²) in [4.78, 5) is 0. The van der Waals surface area contributed by atoms with Crippen LogP contribution in [0, 0.1) is 6.92 Å². The molecule has 0 spiro atoms. The molecular weight excluding hydrogens is 188 g/mol. The van der Waals surface area contributed by atoms with E-state index in [0.717, 1.165) is 16.8 Å². The predicted octanol–water partition coefficient (Wildman–Crippen LogP) is 1.81. The van der Waals surface area contributed by atoms with Crippen molar-refractivity contribution in [1.29, 1.82) is 0 Å². The van der Waals surface area contributed by atoms with Gasteiger partial charge in [-0.3, -0.25) is 4.68 Å². The van der Waals surface area contributed by atoms with Gasteiger partial charge in [-0.25, -0.2) is 0 Å². The van der Waals surface area contributed by atoms with Crippen molar-refractivity contribution in [3.05, 3.63) is 53.3 Å². The molecule has 0 aliphatic carbocycles. The van der Waals surface area contributed by atoms with Gasteiger partial charge in [0.2, 0.25) is 0 Å². The van der Waals surface area contributed by atoms with Crippen molar-refractivity contribution in [1.82, 2.24) is 9.78 Å². The van der Waals surface area contributed by atoms with E-state index < -0.39 is 6.10 Å². The van der Waals surface area contributed by atoms with Crippen LogP contribution in [0.2, 0.25) is 0 Å². The Labute approximate surface area is 89.0 Å². The zero-order valence-corrected chi connectivity index (χ0v) is 8.88. The maximum atomic E-state index is 10.1. The molecule has 2 rings (SSSR count). The second kappa shape index (κ2) is 3.87. The number of hydrogen-bond donors (Lipinski definition) is 1. The Morgan fingerprint density at radius 3 is 2.73 bits per heavy atom. The van der Waals surface area contributed by atoms with Crippen LogP contribution in [0.25, 0.3) is 0 Å². The Kier molecular flexibility index (Phi) is 2.56. The standard InChI is InChI=1S/C12H14N2O/c1-9-4-3-5-10(8-9)12(15)11-6-7-13-14(11)2/h3-8,12,15H,1-2H3. The van der Waals surface area contributed by atoms with Crippen molar-refractivity contribution < 1.29 is 5.11 Å². The summed E-state index contributed by atoms with van der Waals surface area (Å²) in [7, 11) is 1.83. The van der Waals surface area contributed by atoms with Crippen LogP contribution < -0.4 is 0 Å². The molecule has 3 nitrogen and oxygen atoms in total. The molecule has 0 fully saturated rings. The van der Waals surface area contributed by atoms with Gasteiger partial charge >= 0.3 is 0 Å². The number of aliphatic hydroxyl groups excluding tert-OH is 1. The minimum atomic E-state index is -0.600. The normalized spacial score (nSPS) is 12.7. The zero-order chi connectivity index (χ0) is 10.8. The summed E-state index contributed by atoms with van der Waals surface area (Å²) in [5.41, 5.74) is 2.85. The van der Waals surface area contributed by atoms with Crippen LogP contribution in [0.15, 0.2) is 36.5 Å². The van der Waals surface area contributed by atoms with E-state index in [0.29, 0.717) is 0 Å². The van der Waals surface area contributed by atoms with Crippen LogP contribution in [0.1, 0.15) is 22.9 Å². The van der Waals surface area contributed by atoms with Crippen LogP contribution in [0.3, 0.4) is 0 Å². The second-order valence-corrected chi connectivity index (χ2v) is 3.70. The molecule has 0 bridgehead atoms. The summed E-state index contributed by atoms with van der Waals surface area (Å²) in [6, 6.07) is 9.69. The first kappa shape index (κ1) is 9.93. The van der Waals surface area contributed by atoms with Crippen molar-refractivity contribution >= 4 is 0 Å². The molecule has 0 amide bonds. The van der Waals surface area contributed by atoms with E-state index in [1.807, 2.05) is 44.3 Å². The third kappa shape index (κ3) is 1.92. The van der Waals surface area contributed by atoms with E-state index in [4.69, 9.17) is 0 Å². The molecule has 1 heterocycles. The Balaban J connectivity index is 2.36. The van der Waals surface area contributed by atoms with Crippen molar-refractivity contribution in [3.63, 3.8) is 0 Å². The van der Waals surface area contributed by atoms with Crippen molar-refractivity contribution in [2.75, 3.05) is 0 Å². The molecule has 1 aromatic heterocycles. The SMILES string of the molecule is Cc1cccc(C(O)c2ccnn2C)c1. The third-order valence-electron chi connectivity index (χ3n) is 2.50. The number of aliphatic hydroxyl groups is 1. The van der Waals surface area contributed by atoms with Gasteiger partial charge in [0, 0.05) is 13.2 Å². The Morgan fingerprint density at radius 1 is 1.33 bits per heavy atom. The summed E-state index contributed by atoms with van der Waals surface area (Å²) in [6.07, 6.45) is 1.09. The van der Waals surface area contributed by atoms with Crippen LogP contribution in [0.4, 0.5) is 0 Å². The Bertz CT molecular complexity index is 462. The number of hydrogen-bond acceptors (Lipinski definition) is 2. The Hall–Kier alpha value is -1.61. The maximum absolute atomic E-state index is 10.1. The molecule has 15 heavy (non-hydrogen) atoms. The average Bonchev–Trinajstić information content (AvgIpc) is 2.63. The highest BCUT2D eigenvalue weighted by molar-refractivity contribution is 5.29. The largest absolute Gasteiger partial charge is 0.382 e. The highest BCUT2D eigenvalue weighted by atomic mass is 16.3. The monoisotopic (exact) mass is 202 g/mol. The van der Waals surface area contributed by atoms with Gasteiger partial charge in [-0.05, 0) is 18.6 Å². The topological polar surface area (TPSA) is 38.1 Å². The third-order valence-corrected chi connectivity index (χ3v) is 2.50. The minimum Gasteiger partial charge on any atom is -0.382 e. The molecule has 0 saturated heterocycles. The molecule has 1 atom stereocenters. The quantitative estimate of drug-likeness (QED) is 0.806. The number of aryl methyl sites for hydroxylation is 2. The lowest BCUT2D eigenvalue weighted by atomic mass is 10.0. The molecule has 1 unspecified atom stereocenters. The zero-order valence-electron chi connectivity index (χ0n) is 8.88. The first-order valence-corrected chi connectivity index (χ1v) is 4.91. The molecule has 0 saturated carbocycles. The molecule has 0 aliphatic heterocycles.